The van der Waals surface area contributed by atoms with Crippen molar-refractivity contribution in [2.24, 2.45) is 5.92 Å². The lowest BCUT2D eigenvalue weighted by Crippen LogP contribution is -2.53. The third-order valence-electron chi connectivity index (χ3n) is 4.72. The molecule has 124 valence electrons. The van der Waals surface area contributed by atoms with Gasteiger partial charge in [0, 0.05) is 12.5 Å². The Morgan fingerprint density at radius 1 is 1.32 bits per heavy atom. The first-order valence-electron chi connectivity index (χ1n) is 7.76. The van der Waals surface area contributed by atoms with Crippen LogP contribution in [0.1, 0.15) is 30.8 Å². The highest BCUT2D eigenvalue weighted by Crippen LogP contribution is 2.35. The van der Waals surface area contributed by atoms with Gasteiger partial charge in [0.2, 0.25) is 10.0 Å². The van der Waals surface area contributed by atoms with Gasteiger partial charge in [-0.1, -0.05) is 6.42 Å². The van der Waals surface area contributed by atoms with Crippen molar-refractivity contribution < 1.29 is 22.7 Å². The van der Waals surface area contributed by atoms with Gasteiger partial charge < -0.3 is 14.3 Å². The van der Waals surface area contributed by atoms with Crippen molar-refractivity contribution in [1.29, 1.82) is 0 Å². The molecular weight excluding hydrogens is 306 g/mol. The minimum atomic E-state index is -3.63. The first kappa shape index (κ1) is 16.0. The summed E-state index contributed by atoms with van der Waals surface area (Å²) in [5.41, 5.74) is 0. The summed E-state index contributed by atoms with van der Waals surface area (Å²) < 4.78 is 38.4. The molecule has 0 radical (unpaired) electrons. The summed E-state index contributed by atoms with van der Waals surface area (Å²) in [5, 5.41) is 10.2. The lowest BCUT2D eigenvalue weighted by atomic mass is 9.96. The molecule has 0 aromatic carbocycles. The van der Waals surface area contributed by atoms with E-state index in [1.165, 1.54) is 4.31 Å². The van der Waals surface area contributed by atoms with Gasteiger partial charge in [0.25, 0.3) is 0 Å². The van der Waals surface area contributed by atoms with Gasteiger partial charge >= 0.3 is 0 Å². The Labute approximate surface area is 131 Å². The van der Waals surface area contributed by atoms with Crippen LogP contribution in [-0.2, 0) is 14.8 Å². The Balaban J connectivity index is 1.94. The molecule has 3 rings (SSSR count). The summed E-state index contributed by atoms with van der Waals surface area (Å²) in [6, 6.07) is 1.27. The first-order chi connectivity index (χ1) is 10.4. The summed E-state index contributed by atoms with van der Waals surface area (Å²) in [6.07, 6.45) is 2.06. The highest BCUT2D eigenvalue weighted by molar-refractivity contribution is 7.89. The fraction of sp³-hybridized carbons (Fsp3) is 0.733. The smallest absolute Gasteiger partial charge is 0.246 e. The van der Waals surface area contributed by atoms with E-state index in [0.29, 0.717) is 31.3 Å². The Morgan fingerprint density at radius 3 is 2.68 bits per heavy atom. The molecule has 2 fully saturated rings. The third-order valence-corrected chi connectivity index (χ3v) is 6.75. The number of aryl methyl sites for hydroxylation is 2. The second-order valence-electron chi connectivity index (χ2n) is 6.20. The minimum Gasteiger partial charge on any atom is -0.465 e. The fourth-order valence-electron chi connectivity index (χ4n) is 3.65. The zero-order valence-electron chi connectivity index (χ0n) is 13.0. The van der Waals surface area contributed by atoms with Crippen molar-refractivity contribution >= 4 is 10.0 Å². The van der Waals surface area contributed by atoms with Crippen molar-refractivity contribution in [2.75, 3.05) is 19.8 Å². The Kier molecular flexibility index (Phi) is 4.33. The van der Waals surface area contributed by atoms with E-state index in [0.717, 1.165) is 19.3 Å². The molecule has 2 heterocycles. The van der Waals surface area contributed by atoms with E-state index >= 15 is 0 Å². The van der Waals surface area contributed by atoms with Crippen LogP contribution in [0.5, 0.6) is 0 Å². The lowest BCUT2D eigenvalue weighted by Gasteiger charge is -2.38. The Hall–Kier alpha value is -0.890. The molecule has 0 unspecified atom stereocenters. The van der Waals surface area contributed by atoms with Crippen LogP contribution < -0.4 is 0 Å². The number of rotatable bonds is 3. The van der Waals surface area contributed by atoms with E-state index in [4.69, 9.17) is 9.15 Å². The molecule has 7 heteroatoms. The van der Waals surface area contributed by atoms with Crippen LogP contribution in [0.4, 0.5) is 0 Å². The molecule has 1 aromatic heterocycles. The quantitative estimate of drug-likeness (QED) is 0.908. The molecular formula is C15H23NO5S. The summed E-state index contributed by atoms with van der Waals surface area (Å²) in [4.78, 5) is 0.226. The van der Waals surface area contributed by atoms with E-state index < -0.39 is 16.1 Å². The molecule has 6 nitrogen and oxygen atoms in total. The van der Waals surface area contributed by atoms with Crippen LogP contribution in [0.2, 0.25) is 0 Å². The van der Waals surface area contributed by atoms with Crippen molar-refractivity contribution in [1.82, 2.24) is 4.31 Å². The molecule has 1 aromatic rings. The van der Waals surface area contributed by atoms with Crippen LogP contribution in [0, 0.1) is 19.8 Å². The van der Waals surface area contributed by atoms with Crippen molar-refractivity contribution in [3.05, 3.63) is 17.6 Å². The number of aliphatic hydroxyl groups excluding tert-OH is 1. The molecule has 0 spiro atoms. The molecule has 0 bridgehead atoms. The van der Waals surface area contributed by atoms with Gasteiger partial charge in [-0.25, -0.2) is 8.42 Å². The lowest BCUT2D eigenvalue weighted by molar-refractivity contribution is -0.0148. The molecule has 2 aliphatic rings. The van der Waals surface area contributed by atoms with E-state index in [-0.39, 0.29) is 16.9 Å². The highest BCUT2D eigenvalue weighted by Gasteiger charge is 2.43. The minimum absolute atomic E-state index is 0.0524. The van der Waals surface area contributed by atoms with Gasteiger partial charge in [0.15, 0.2) is 0 Å². The van der Waals surface area contributed by atoms with Crippen LogP contribution in [0.25, 0.3) is 0 Å². The predicted octanol–water partition coefficient (Wildman–Crippen LogP) is 1.45. The maximum Gasteiger partial charge on any atom is 0.246 e. The van der Waals surface area contributed by atoms with E-state index in [9.17, 15) is 13.5 Å². The molecule has 3 atom stereocenters. The first-order valence-corrected chi connectivity index (χ1v) is 9.20. The van der Waals surface area contributed by atoms with Crippen LogP contribution in [0.3, 0.4) is 0 Å². The molecule has 1 saturated carbocycles. The molecule has 1 saturated heterocycles. The molecule has 1 aliphatic heterocycles. The number of nitrogens with zero attached hydrogens (tertiary/aromatic N) is 1. The van der Waals surface area contributed by atoms with Crippen LogP contribution in [-0.4, -0.2) is 49.7 Å². The number of aliphatic hydroxyl groups is 1. The molecule has 0 amide bonds. The largest absolute Gasteiger partial charge is 0.465 e. The van der Waals surface area contributed by atoms with Gasteiger partial charge in [-0.3, -0.25) is 0 Å². The fourth-order valence-corrected chi connectivity index (χ4v) is 5.51. The normalized spacial score (nSPS) is 30.8. The maximum atomic E-state index is 13.0. The number of hydrogen-bond acceptors (Lipinski definition) is 5. The summed E-state index contributed by atoms with van der Waals surface area (Å²) in [5.74, 6) is 0.944. The third kappa shape index (κ3) is 2.71. The number of morpholine rings is 1. The van der Waals surface area contributed by atoms with Gasteiger partial charge in [-0.15, -0.1) is 0 Å². The van der Waals surface area contributed by atoms with Crippen LogP contribution in [0.15, 0.2) is 15.4 Å². The molecule has 1 N–H and O–H groups in total. The van der Waals surface area contributed by atoms with Gasteiger partial charge in [-0.05, 0) is 32.8 Å². The van der Waals surface area contributed by atoms with Crippen molar-refractivity contribution in [3.8, 4) is 0 Å². The number of furan rings is 1. The second kappa shape index (κ2) is 5.96. The number of hydrogen-bond donors (Lipinski definition) is 1. The molecule has 22 heavy (non-hydrogen) atoms. The van der Waals surface area contributed by atoms with Crippen molar-refractivity contribution in [2.45, 2.75) is 50.2 Å². The van der Waals surface area contributed by atoms with E-state index in [2.05, 4.69) is 0 Å². The highest BCUT2D eigenvalue weighted by atomic mass is 32.2. The summed E-state index contributed by atoms with van der Waals surface area (Å²) in [7, 11) is -3.63. The average molecular weight is 329 g/mol. The Morgan fingerprint density at radius 2 is 2.09 bits per heavy atom. The SMILES string of the molecule is Cc1cc(S(=O)(=O)N2CCOC[C@@H]2[C@H]2CCC[C@@H]2O)c(C)o1. The maximum absolute atomic E-state index is 13.0. The van der Waals surface area contributed by atoms with Crippen molar-refractivity contribution in [3.63, 3.8) is 0 Å². The van der Waals surface area contributed by atoms with Gasteiger partial charge in [0.1, 0.15) is 16.4 Å². The van der Waals surface area contributed by atoms with Crippen LogP contribution >= 0.6 is 0 Å². The zero-order chi connectivity index (χ0) is 15.9. The van der Waals surface area contributed by atoms with Gasteiger partial charge in [-0.2, -0.15) is 4.31 Å². The standard InChI is InChI=1S/C15H23NO5S/c1-10-8-15(11(2)21-10)22(18,19)16-6-7-20-9-13(16)12-4-3-5-14(12)17/h8,12-14,17H,3-7,9H2,1-2H3/t12-,13-,14+/m1/s1. The second-order valence-corrected chi connectivity index (χ2v) is 8.06. The number of ether oxygens (including phenoxy) is 1. The molecule has 1 aliphatic carbocycles. The van der Waals surface area contributed by atoms with E-state index in [1.807, 2.05) is 0 Å². The average Bonchev–Trinajstić information content (AvgIpc) is 3.04. The number of sulfonamides is 1. The topological polar surface area (TPSA) is 80.0 Å². The predicted molar refractivity (Wildman–Crippen MR) is 80.0 cm³/mol. The monoisotopic (exact) mass is 329 g/mol. The Bertz CT molecular complexity index is 638. The summed E-state index contributed by atoms with van der Waals surface area (Å²) >= 11 is 0. The summed E-state index contributed by atoms with van der Waals surface area (Å²) in [6.45, 7) is 4.45. The zero-order valence-corrected chi connectivity index (χ0v) is 13.8. The van der Waals surface area contributed by atoms with Gasteiger partial charge in [0.05, 0.1) is 25.4 Å². The van der Waals surface area contributed by atoms with E-state index in [1.54, 1.807) is 19.9 Å².